The Hall–Kier alpha value is -1.91. The van der Waals surface area contributed by atoms with Gasteiger partial charge in [-0.3, -0.25) is 4.98 Å². The number of aromatic nitrogens is 1. The molecule has 0 bridgehead atoms. The van der Waals surface area contributed by atoms with E-state index in [-0.39, 0.29) is 0 Å². The van der Waals surface area contributed by atoms with Gasteiger partial charge in [0, 0.05) is 35.1 Å². The second-order valence-corrected chi connectivity index (χ2v) is 5.49. The second-order valence-electron chi connectivity index (χ2n) is 5.05. The average molecular weight is 332 g/mol. The van der Waals surface area contributed by atoms with Crippen molar-refractivity contribution in [3.8, 4) is 0 Å². The van der Waals surface area contributed by atoms with Crippen LogP contribution < -0.4 is 0 Å². The van der Waals surface area contributed by atoms with Gasteiger partial charge in [0.05, 0.1) is 0 Å². The summed E-state index contributed by atoms with van der Waals surface area (Å²) in [6, 6.07) is 11.4. The van der Waals surface area contributed by atoms with Gasteiger partial charge >= 0.3 is 0 Å². The van der Waals surface area contributed by atoms with Gasteiger partial charge in [0.15, 0.2) is 0 Å². The highest BCUT2D eigenvalue weighted by Crippen LogP contribution is 2.14. The van der Waals surface area contributed by atoms with Gasteiger partial charge in [0.25, 0.3) is 0 Å². The van der Waals surface area contributed by atoms with E-state index in [1.54, 1.807) is 12.4 Å². The third-order valence-corrected chi connectivity index (χ3v) is 3.85. The van der Waals surface area contributed by atoms with Crippen molar-refractivity contribution in [3.63, 3.8) is 0 Å². The maximum Gasteiger partial charge on any atom is 0.129 e. The van der Waals surface area contributed by atoms with Crippen molar-refractivity contribution in [2.75, 3.05) is 26.2 Å². The number of likely N-dealkylation sites (N-methyl/N-ethyl adjacent to an activating group) is 1. The van der Waals surface area contributed by atoms with Crippen molar-refractivity contribution in [2.45, 2.75) is 13.8 Å². The van der Waals surface area contributed by atoms with Gasteiger partial charge in [-0.2, -0.15) is 0 Å². The summed E-state index contributed by atoms with van der Waals surface area (Å²) in [6.45, 7) is 7.71. The molecule has 0 unspecified atom stereocenters. The summed E-state index contributed by atoms with van der Waals surface area (Å²) < 4.78 is 0. The minimum atomic E-state index is 0.555. The van der Waals surface area contributed by atoms with E-state index in [1.807, 2.05) is 36.4 Å². The third kappa shape index (κ3) is 5.34. The average Bonchev–Trinajstić information content (AvgIpc) is 2.60. The van der Waals surface area contributed by atoms with Gasteiger partial charge in [-0.25, -0.2) is 0 Å². The molecule has 0 spiro atoms. The first-order valence-electron chi connectivity index (χ1n) is 7.83. The van der Waals surface area contributed by atoms with Crippen LogP contribution in [0.2, 0.25) is 5.02 Å². The molecule has 0 aliphatic carbocycles. The van der Waals surface area contributed by atoms with Crippen LogP contribution in [0, 0.1) is 0 Å². The minimum absolute atomic E-state index is 0.555. The number of hydrogen-bond donors (Lipinski definition) is 0. The van der Waals surface area contributed by atoms with Crippen LogP contribution in [0.5, 0.6) is 0 Å². The molecule has 23 heavy (non-hydrogen) atoms. The van der Waals surface area contributed by atoms with Gasteiger partial charge in [0.1, 0.15) is 12.3 Å². The van der Waals surface area contributed by atoms with Gasteiger partial charge in [-0.1, -0.05) is 42.7 Å². The first kappa shape index (κ1) is 17.4. The lowest BCUT2D eigenvalue weighted by molar-refractivity contribution is 0.114. The maximum absolute atomic E-state index is 5.97. The quantitative estimate of drug-likeness (QED) is 0.419. The smallest absolute Gasteiger partial charge is 0.129 e. The third-order valence-electron chi connectivity index (χ3n) is 3.60. The number of halogens is 1. The van der Waals surface area contributed by atoms with E-state index < -0.39 is 0 Å². The molecule has 1 aromatic carbocycles. The molecule has 0 aliphatic rings. The van der Waals surface area contributed by atoms with Crippen LogP contribution in [0.25, 0.3) is 0 Å². The molecule has 0 N–H and O–H groups in total. The molecular weight excluding hydrogens is 310 g/mol. The van der Waals surface area contributed by atoms with E-state index in [9.17, 15) is 0 Å². The number of hydrogen-bond acceptors (Lipinski definition) is 4. The van der Waals surface area contributed by atoms with Crippen LogP contribution in [0.4, 0.5) is 0 Å². The normalized spacial score (nSPS) is 11.7. The summed E-state index contributed by atoms with van der Waals surface area (Å²) in [5.41, 5.74) is 2.62. The fourth-order valence-electron chi connectivity index (χ4n) is 2.20. The first-order chi connectivity index (χ1) is 11.2. The van der Waals surface area contributed by atoms with Crippen LogP contribution in [-0.4, -0.2) is 41.8 Å². The second kappa shape index (κ2) is 9.28. The number of nitrogens with zero attached hydrogens (tertiary/aromatic N) is 3. The Bertz CT molecular complexity index is 610. The molecule has 4 nitrogen and oxygen atoms in total. The Balaban J connectivity index is 2.14. The van der Waals surface area contributed by atoms with Crippen molar-refractivity contribution in [1.29, 1.82) is 0 Å². The lowest BCUT2D eigenvalue weighted by atomic mass is 10.0. The van der Waals surface area contributed by atoms with Crippen molar-refractivity contribution >= 4 is 17.3 Å². The Morgan fingerprint density at radius 3 is 2.48 bits per heavy atom. The zero-order valence-corrected chi connectivity index (χ0v) is 14.3. The molecule has 0 radical (unpaired) electrons. The lowest BCUT2D eigenvalue weighted by Crippen LogP contribution is -2.26. The topological polar surface area (TPSA) is 37.7 Å². The molecule has 122 valence electrons. The molecule has 1 aromatic heterocycles. The zero-order chi connectivity index (χ0) is 16.5. The van der Waals surface area contributed by atoms with E-state index in [1.165, 1.54) is 0 Å². The fraction of sp³-hybridized carbons (Fsp3) is 0.333. The van der Waals surface area contributed by atoms with Crippen LogP contribution in [0.15, 0.2) is 53.9 Å². The first-order valence-corrected chi connectivity index (χ1v) is 8.21. The number of benzene rings is 1. The molecule has 5 heteroatoms. The van der Waals surface area contributed by atoms with Crippen molar-refractivity contribution in [2.24, 2.45) is 5.16 Å². The molecule has 2 aromatic rings. The molecule has 0 fully saturated rings. The largest absolute Gasteiger partial charge is 0.394 e. The van der Waals surface area contributed by atoms with Crippen molar-refractivity contribution < 1.29 is 4.84 Å². The summed E-state index contributed by atoms with van der Waals surface area (Å²) >= 11 is 5.97. The highest BCUT2D eigenvalue weighted by Gasteiger charge is 2.08. The number of pyridine rings is 1. The van der Waals surface area contributed by atoms with E-state index in [2.05, 4.69) is 28.9 Å². The fourth-order valence-corrected chi connectivity index (χ4v) is 2.33. The Kier molecular flexibility index (Phi) is 7.04. The van der Waals surface area contributed by atoms with Crippen molar-refractivity contribution in [1.82, 2.24) is 9.88 Å². The van der Waals surface area contributed by atoms with Gasteiger partial charge in [-0.15, -0.1) is 0 Å². The van der Waals surface area contributed by atoms with Gasteiger partial charge in [0.2, 0.25) is 0 Å². The van der Waals surface area contributed by atoms with Crippen LogP contribution in [0.3, 0.4) is 0 Å². The van der Waals surface area contributed by atoms with Crippen LogP contribution in [0.1, 0.15) is 25.0 Å². The predicted octanol–water partition coefficient (Wildman–Crippen LogP) is 3.85. The van der Waals surface area contributed by atoms with Crippen LogP contribution in [-0.2, 0) is 4.84 Å². The highest BCUT2D eigenvalue weighted by atomic mass is 35.5. The van der Waals surface area contributed by atoms with E-state index in [0.29, 0.717) is 11.6 Å². The molecule has 0 saturated heterocycles. The molecule has 0 aliphatic heterocycles. The summed E-state index contributed by atoms with van der Waals surface area (Å²) in [6.07, 6.45) is 3.52. The Labute approximate surface area is 142 Å². The van der Waals surface area contributed by atoms with E-state index >= 15 is 0 Å². The molecule has 0 saturated carbocycles. The summed E-state index contributed by atoms with van der Waals surface area (Å²) in [4.78, 5) is 12.0. The Morgan fingerprint density at radius 1 is 1.13 bits per heavy atom. The highest BCUT2D eigenvalue weighted by molar-refractivity contribution is 6.30. The molecule has 1 heterocycles. The molecule has 0 atom stereocenters. The molecule has 0 amide bonds. The number of rotatable bonds is 8. The van der Waals surface area contributed by atoms with Crippen molar-refractivity contribution in [3.05, 3.63) is 64.9 Å². The summed E-state index contributed by atoms with van der Waals surface area (Å²) in [7, 11) is 0. The standard InChI is InChI=1S/C18H22ClN3O/c1-3-22(4-2)12-13-23-21-18(16-6-5-11-20-14-16)15-7-9-17(19)10-8-15/h5-11,14H,3-4,12-13H2,1-2H3. The van der Waals surface area contributed by atoms with E-state index in [4.69, 9.17) is 16.4 Å². The maximum atomic E-state index is 5.97. The SMILES string of the molecule is CCN(CC)CCON=C(c1ccc(Cl)cc1)c1cccnc1. The Morgan fingerprint density at radius 2 is 1.87 bits per heavy atom. The van der Waals surface area contributed by atoms with Gasteiger partial charge in [-0.05, 0) is 37.4 Å². The van der Waals surface area contributed by atoms with E-state index in [0.717, 1.165) is 36.5 Å². The monoisotopic (exact) mass is 331 g/mol. The van der Waals surface area contributed by atoms with Gasteiger partial charge < -0.3 is 9.74 Å². The zero-order valence-electron chi connectivity index (χ0n) is 13.6. The molecule has 2 rings (SSSR count). The summed E-state index contributed by atoms with van der Waals surface area (Å²) in [5.74, 6) is 0. The van der Waals surface area contributed by atoms with Crippen LogP contribution >= 0.6 is 11.6 Å². The summed E-state index contributed by atoms with van der Waals surface area (Å²) in [5, 5.41) is 5.04. The minimum Gasteiger partial charge on any atom is -0.394 e. The number of oxime groups is 1. The predicted molar refractivity (Wildman–Crippen MR) is 95.1 cm³/mol. The molecular formula is C18H22ClN3O. The lowest BCUT2D eigenvalue weighted by Gasteiger charge is -2.16.